The van der Waals surface area contributed by atoms with E-state index >= 15 is 0 Å². The fourth-order valence-corrected chi connectivity index (χ4v) is 5.06. The van der Waals surface area contributed by atoms with Crippen LogP contribution in [0.3, 0.4) is 0 Å². The molecule has 1 aromatic carbocycles. The third-order valence-electron chi connectivity index (χ3n) is 7.97. The second-order valence-electron chi connectivity index (χ2n) is 14.5. The summed E-state index contributed by atoms with van der Waals surface area (Å²) in [6.07, 6.45) is 0.415. The number of amides is 6. The van der Waals surface area contributed by atoms with Gasteiger partial charge in [-0.05, 0) is 62.6 Å². The Morgan fingerprint density at radius 2 is 1.62 bits per heavy atom. The summed E-state index contributed by atoms with van der Waals surface area (Å²) in [5.74, 6) is -4.34. The minimum absolute atomic E-state index is 0.0247. The SMILES string of the molecule is CC(C)[C@H](NC(=O)CN1C(=O)CC(C(C)(C)C)C1=O)C(=O)C[C@@H](CCCNC(N)=O)C(=O)Nc1ccc(COC(=O)C(C)(C)C)cc1. The number of nitrogens with two attached hydrogens (primary N) is 1. The van der Waals surface area contributed by atoms with Crippen molar-refractivity contribution < 1.29 is 38.3 Å². The number of imide groups is 1. The van der Waals surface area contributed by atoms with Gasteiger partial charge in [0.15, 0.2) is 5.78 Å². The number of esters is 1. The fraction of sp³-hybridized carbons (Fsp3) is 0.618. The highest BCUT2D eigenvalue weighted by molar-refractivity contribution is 6.06. The molecular formula is C34H51N5O8. The number of carbonyl (C=O) groups excluding carboxylic acids is 7. The van der Waals surface area contributed by atoms with Gasteiger partial charge in [-0.15, -0.1) is 0 Å². The Balaban J connectivity index is 2.10. The molecule has 47 heavy (non-hydrogen) atoms. The lowest BCUT2D eigenvalue weighted by Gasteiger charge is -2.26. The smallest absolute Gasteiger partial charge is 0.312 e. The molecule has 13 nitrogen and oxygen atoms in total. The Hall–Kier alpha value is -4.29. The zero-order chi connectivity index (χ0) is 35.7. The third-order valence-corrected chi connectivity index (χ3v) is 7.97. The van der Waals surface area contributed by atoms with E-state index in [2.05, 4.69) is 16.0 Å². The van der Waals surface area contributed by atoms with Crippen molar-refractivity contribution in [2.75, 3.05) is 18.4 Å². The molecule has 5 N–H and O–H groups in total. The van der Waals surface area contributed by atoms with Crippen LogP contribution in [0.5, 0.6) is 0 Å². The summed E-state index contributed by atoms with van der Waals surface area (Å²) in [5.41, 5.74) is 5.27. The van der Waals surface area contributed by atoms with Crippen molar-refractivity contribution >= 4 is 47.1 Å². The molecule has 0 radical (unpaired) electrons. The largest absolute Gasteiger partial charge is 0.460 e. The van der Waals surface area contributed by atoms with Crippen molar-refractivity contribution in [1.29, 1.82) is 0 Å². The van der Waals surface area contributed by atoms with Crippen molar-refractivity contribution in [2.24, 2.45) is 34.3 Å². The first-order valence-electron chi connectivity index (χ1n) is 16.0. The predicted octanol–water partition coefficient (Wildman–Crippen LogP) is 3.30. The Morgan fingerprint density at radius 3 is 2.13 bits per heavy atom. The number of ketones is 1. The highest BCUT2D eigenvalue weighted by atomic mass is 16.5. The highest BCUT2D eigenvalue weighted by Crippen LogP contribution is 2.35. The van der Waals surface area contributed by atoms with Gasteiger partial charge in [-0.3, -0.25) is 33.7 Å². The van der Waals surface area contributed by atoms with E-state index in [0.717, 1.165) is 10.5 Å². The van der Waals surface area contributed by atoms with Crippen LogP contribution in [0.25, 0.3) is 0 Å². The van der Waals surface area contributed by atoms with E-state index in [-0.39, 0.29) is 50.1 Å². The first kappa shape index (κ1) is 38.9. The topological polar surface area (TPSA) is 194 Å². The van der Waals surface area contributed by atoms with Crippen LogP contribution >= 0.6 is 0 Å². The molecule has 1 heterocycles. The molecule has 260 valence electrons. The van der Waals surface area contributed by atoms with Crippen molar-refractivity contribution in [1.82, 2.24) is 15.5 Å². The van der Waals surface area contributed by atoms with Gasteiger partial charge in [-0.1, -0.05) is 46.8 Å². The van der Waals surface area contributed by atoms with E-state index in [1.807, 2.05) is 20.8 Å². The maximum absolute atomic E-state index is 13.5. The van der Waals surface area contributed by atoms with Crippen LogP contribution in [0.2, 0.25) is 0 Å². The average Bonchev–Trinajstić information content (AvgIpc) is 3.24. The number of primary amides is 1. The summed E-state index contributed by atoms with van der Waals surface area (Å²) in [7, 11) is 0. The lowest BCUT2D eigenvalue weighted by Crippen LogP contribution is -2.50. The summed E-state index contributed by atoms with van der Waals surface area (Å²) in [6.45, 7) is 14.1. The average molecular weight is 658 g/mol. The van der Waals surface area contributed by atoms with E-state index in [1.165, 1.54) is 0 Å². The van der Waals surface area contributed by atoms with E-state index in [9.17, 15) is 33.6 Å². The van der Waals surface area contributed by atoms with E-state index in [1.54, 1.807) is 58.9 Å². The molecular weight excluding hydrogens is 606 g/mol. The van der Waals surface area contributed by atoms with Gasteiger partial charge in [-0.2, -0.15) is 0 Å². The van der Waals surface area contributed by atoms with Gasteiger partial charge in [0.05, 0.1) is 17.4 Å². The number of Topliss-reactive ketones (excluding diaryl/α,β-unsaturated/α-hetero) is 1. The monoisotopic (exact) mass is 657 g/mol. The number of nitrogens with zero attached hydrogens (tertiary/aromatic N) is 1. The summed E-state index contributed by atoms with van der Waals surface area (Å²) in [6, 6.07) is 5.07. The second-order valence-corrected chi connectivity index (χ2v) is 14.5. The second kappa shape index (κ2) is 16.5. The van der Waals surface area contributed by atoms with Crippen molar-refractivity contribution in [3.8, 4) is 0 Å². The number of benzene rings is 1. The standard InChI is InChI=1S/C34H51N5O8/c1-20(2)28(38-26(41)18-39-27(42)17-24(30(39)44)33(3,4)5)25(40)16-22(10-9-15-36-32(35)46)29(43)37-23-13-11-21(12-14-23)19-47-31(45)34(6,7)8/h11-14,20,22,24,28H,9-10,15-19H2,1-8H3,(H,37,43)(H,38,41)(H3,35,36,46)/t22-,24?,28+/m1/s1. The zero-order valence-corrected chi connectivity index (χ0v) is 28.9. The van der Waals surface area contributed by atoms with Gasteiger partial charge in [-0.25, -0.2) is 4.79 Å². The first-order valence-corrected chi connectivity index (χ1v) is 16.0. The normalized spacial score (nSPS) is 16.4. The summed E-state index contributed by atoms with van der Waals surface area (Å²) < 4.78 is 5.33. The molecule has 1 aliphatic rings. The molecule has 1 aromatic rings. The molecule has 0 spiro atoms. The summed E-state index contributed by atoms with van der Waals surface area (Å²) in [5, 5.41) is 7.96. The van der Waals surface area contributed by atoms with Gasteiger partial charge in [0.1, 0.15) is 13.2 Å². The van der Waals surface area contributed by atoms with Gasteiger partial charge in [0.2, 0.25) is 23.6 Å². The minimum atomic E-state index is -0.970. The van der Waals surface area contributed by atoms with Crippen LogP contribution in [0, 0.1) is 28.6 Å². The van der Waals surface area contributed by atoms with Crippen LogP contribution in [0.1, 0.15) is 86.6 Å². The van der Waals surface area contributed by atoms with E-state index in [4.69, 9.17) is 10.5 Å². The maximum atomic E-state index is 13.5. The maximum Gasteiger partial charge on any atom is 0.312 e. The number of nitrogens with one attached hydrogen (secondary N) is 3. The zero-order valence-electron chi connectivity index (χ0n) is 28.9. The molecule has 6 amide bonds. The number of hydrogen-bond donors (Lipinski definition) is 4. The number of urea groups is 1. The summed E-state index contributed by atoms with van der Waals surface area (Å²) >= 11 is 0. The third kappa shape index (κ3) is 12.1. The lowest BCUT2D eigenvalue weighted by molar-refractivity contribution is -0.154. The lowest BCUT2D eigenvalue weighted by atomic mass is 9.80. The van der Waals surface area contributed by atoms with Crippen LogP contribution in [0.4, 0.5) is 10.5 Å². The number of likely N-dealkylation sites (tertiary alicyclic amines) is 1. The molecule has 1 unspecified atom stereocenters. The van der Waals surface area contributed by atoms with Gasteiger partial charge in [0.25, 0.3) is 0 Å². The number of ether oxygens (including phenoxy) is 1. The van der Waals surface area contributed by atoms with Crippen LogP contribution < -0.4 is 21.7 Å². The molecule has 0 bridgehead atoms. The van der Waals surface area contributed by atoms with E-state index in [0.29, 0.717) is 12.1 Å². The van der Waals surface area contributed by atoms with E-state index < -0.39 is 64.9 Å². The Morgan fingerprint density at radius 1 is 1.00 bits per heavy atom. The molecule has 1 aliphatic heterocycles. The minimum Gasteiger partial charge on any atom is -0.460 e. The van der Waals surface area contributed by atoms with Crippen LogP contribution in [-0.2, 0) is 40.1 Å². The van der Waals surface area contributed by atoms with Gasteiger partial charge in [0, 0.05) is 31.0 Å². The van der Waals surface area contributed by atoms with Crippen LogP contribution in [-0.4, -0.2) is 65.4 Å². The summed E-state index contributed by atoms with van der Waals surface area (Å²) in [4.78, 5) is 89.5. The number of carbonyl (C=O) groups is 7. The molecule has 13 heteroatoms. The first-order chi connectivity index (χ1) is 21.7. The molecule has 0 saturated carbocycles. The Labute approximate surface area is 277 Å². The van der Waals surface area contributed by atoms with Crippen molar-refractivity contribution in [3.05, 3.63) is 29.8 Å². The fourth-order valence-electron chi connectivity index (χ4n) is 5.06. The van der Waals surface area contributed by atoms with Crippen molar-refractivity contribution in [2.45, 2.75) is 93.7 Å². The number of rotatable bonds is 15. The van der Waals surface area contributed by atoms with Crippen LogP contribution in [0.15, 0.2) is 24.3 Å². The Bertz CT molecular complexity index is 1330. The van der Waals surface area contributed by atoms with Crippen molar-refractivity contribution in [3.63, 3.8) is 0 Å². The molecule has 0 aromatic heterocycles. The van der Waals surface area contributed by atoms with Gasteiger partial charge >= 0.3 is 12.0 Å². The number of anilines is 1. The quantitative estimate of drug-likeness (QED) is 0.125. The highest BCUT2D eigenvalue weighted by Gasteiger charge is 2.45. The molecule has 1 saturated heterocycles. The molecule has 1 fully saturated rings. The molecule has 0 aliphatic carbocycles. The Kier molecular flexibility index (Phi) is 13.7. The number of hydrogen-bond acceptors (Lipinski definition) is 8. The van der Waals surface area contributed by atoms with Gasteiger partial charge < -0.3 is 26.4 Å². The predicted molar refractivity (Wildman–Crippen MR) is 175 cm³/mol. The molecule has 3 atom stereocenters. The molecule has 2 rings (SSSR count).